The van der Waals surface area contributed by atoms with Crippen molar-refractivity contribution in [3.05, 3.63) is 35.4 Å². The minimum atomic E-state index is -0.551. The van der Waals surface area contributed by atoms with E-state index < -0.39 is 6.04 Å². The van der Waals surface area contributed by atoms with Crippen LogP contribution in [0.5, 0.6) is 0 Å². The molecule has 0 saturated heterocycles. The second-order valence-electron chi connectivity index (χ2n) is 5.16. The highest BCUT2D eigenvalue weighted by molar-refractivity contribution is 5.97. The molecular weight excluding hydrogens is 254 g/mol. The lowest BCUT2D eigenvalue weighted by Crippen LogP contribution is -2.46. The van der Waals surface area contributed by atoms with Gasteiger partial charge in [0.1, 0.15) is 6.04 Å². The first-order chi connectivity index (χ1) is 9.40. The number of carbonyl (C=O) groups is 2. The Kier molecular flexibility index (Phi) is 6.18. The van der Waals surface area contributed by atoms with Crippen molar-refractivity contribution in [1.82, 2.24) is 15.5 Å². The molecule has 0 aliphatic heterocycles. The standard InChI is InChI=1S/C15H23N3O2/c1-11-6-5-7-13(10-11)15(20)17-12(2)14(19)16-8-9-18(3)4/h5-7,10,12H,8-9H2,1-4H3,(H,16,19)(H,17,20)/t12-/m1/s1. The molecule has 5 nitrogen and oxygen atoms in total. The van der Waals surface area contributed by atoms with Crippen LogP contribution in [0.1, 0.15) is 22.8 Å². The van der Waals surface area contributed by atoms with Crippen molar-refractivity contribution in [2.45, 2.75) is 19.9 Å². The third kappa shape index (κ3) is 5.40. The van der Waals surface area contributed by atoms with Gasteiger partial charge in [-0.3, -0.25) is 9.59 Å². The summed E-state index contributed by atoms with van der Waals surface area (Å²) >= 11 is 0. The van der Waals surface area contributed by atoms with Crippen LogP contribution in [0, 0.1) is 6.92 Å². The van der Waals surface area contributed by atoms with E-state index in [1.807, 2.05) is 38.1 Å². The van der Waals surface area contributed by atoms with Crippen molar-refractivity contribution in [2.24, 2.45) is 0 Å². The molecule has 110 valence electrons. The summed E-state index contributed by atoms with van der Waals surface area (Å²) in [4.78, 5) is 25.8. The molecule has 5 heteroatoms. The summed E-state index contributed by atoms with van der Waals surface area (Å²) in [6, 6.07) is 6.73. The Morgan fingerprint density at radius 2 is 2.00 bits per heavy atom. The summed E-state index contributed by atoms with van der Waals surface area (Å²) in [5.74, 6) is -0.406. The van der Waals surface area contributed by atoms with E-state index in [9.17, 15) is 9.59 Å². The van der Waals surface area contributed by atoms with Gasteiger partial charge >= 0.3 is 0 Å². The highest BCUT2D eigenvalue weighted by Gasteiger charge is 2.16. The molecule has 1 rings (SSSR count). The zero-order valence-corrected chi connectivity index (χ0v) is 12.6. The van der Waals surface area contributed by atoms with E-state index in [2.05, 4.69) is 10.6 Å². The van der Waals surface area contributed by atoms with E-state index in [4.69, 9.17) is 0 Å². The topological polar surface area (TPSA) is 61.4 Å². The van der Waals surface area contributed by atoms with Crippen LogP contribution in [0.3, 0.4) is 0 Å². The molecule has 2 amide bonds. The molecular formula is C15H23N3O2. The summed E-state index contributed by atoms with van der Waals surface area (Å²) < 4.78 is 0. The second-order valence-corrected chi connectivity index (χ2v) is 5.16. The van der Waals surface area contributed by atoms with E-state index in [1.165, 1.54) is 0 Å². The van der Waals surface area contributed by atoms with Crippen LogP contribution in [-0.4, -0.2) is 49.9 Å². The number of likely N-dealkylation sites (N-methyl/N-ethyl adjacent to an activating group) is 1. The monoisotopic (exact) mass is 277 g/mol. The van der Waals surface area contributed by atoms with Gasteiger partial charge in [-0.2, -0.15) is 0 Å². The van der Waals surface area contributed by atoms with Gasteiger partial charge in [0.2, 0.25) is 5.91 Å². The third-order valence-corrected chi connectivity index (χ3v) is 2.88. The Labute approximate surface area is 120 Å². The number of rotatable bonds is 6. The quantitative estimate of drug-likeness (QED) is 0.808. The molecule has 20 heavy (non-hydrogen) atoms. The van der Waals surface area contributed by atoms with Crippen molar-refractivity contribution < 1.29 is 9.59 Å². The number of carbonyl (C=O) groups excluding carboxylic acids is 2. The summed E-state index contributed by atoms with van der Waals surface area (Å²) in [5, 5.41) is 5.48. The lowest BCUT2D eigenvalue weighted by Gasteiger charge is -2.15. The highest BCUT2D eigenvalue weighted by atomic mass is 16.2. The maximum absolute atomic E-state index is 12.0. The van der Waals surface area contributed by atoms with Gasteiger partial charge in [-0.25, -0.2) is 0 Å². The van der Waals surface area contributed by atoms with Crippen molar-refractivity contribution in [1.29, 1.82) is 0 Å². The number of hydrogen-bond donors (Lipinski definition) is 2. The molecule has 0 heterocycles. The SMILES string of the molecule is Cc1cccc(C(=O)N[C@H](C)C(=O)NCCN(C)C)c1. The molecule has 0 aliphatic carbocycles. The molecule has 1 atom stereocenters. The highest BCUT2D eigenvalue weighted by Crippen LogP contribution is 2.04. The van der Waals surface area contributed by atoms with E-state index in [0.29, 0.717) is 12.1 Å². The van der Waals surface area contributed by atoms with E-state index in [1.54, 1.807) is 19.1 Å². The number of aryl methyl sites for hydroxylation is 1. The van der Waals surface area contributed by atoms with Gasteiger partial charge in [-0.15, -0.1) is 0 Å². The minimum Gasteiger partial charge on any atom is -0.353 e. The number of hydrogen-bond acceptors (Lipinski definition) is 3. The number of amides is 2. The van der Waals surface area contributed by atoms with Crippen LogP contribution in [0.2, 0.25) is 0 Å². The van der Waals surface area contributed by atoms with Crippen molar-refractivity contribution in [3.8, 4) is 0 Å². The second kappa shape index (κ2) is 7.65. The fourth-order valence-electron chi connectivity index (χ4n) is 1.69. The zero-order chi connectivity index (χ0) is 15.1. The predicted molar refractivity (Wildman–Crippen MR) is 79.7 cm³/mol. The van der Waals surface area contributed by atoms with Crippen LogP contribution < -0.4 is 10.6 Å². The molecule has 0 radical (unpaired) electrons. The molecule has 0 unspecified atom stereocenters. The van der Waals surface area contributed by atoms with Crippen molar-refractivity contribution in [3.63, 3.8) is 0 Å². The number of nitrogens with zero attached hydrogens (tertiary/aromatic N) is 1. The smallest absolute Gasteiger partial charge is 0.251 e. The van der Waals surface area contributed by atoms with E-state index in [0.717, 1.165) is 12.1 Å². The molecule has 0 aliphatic rings. The predicted octanol–water partition coefficient (Wildman–Crippen LogP) is 0.791. The Morgan fingerprint density at radius 1 is 1.30 bits per heavy atom. The number of benzene rings is 1. The third-order valence-electron chi connectivity index (χ3n) is 2.88. The molecule has 0 fully saturated rings. The van der Waals surface area contributed by atoms with Crippen molar-refractivity contribution >= 4 is 11.8 Å². The summed E-state index contributed by atoms with van der Waals surface area (Å²) in [6.07, 6.45) is 0. The van der Waals surface area contributed by atoms with Gasteiger partial charge in [-0.05, 0) is 40.1 Å². The molecule has 0 saturated carbocycles. The van der Waals surface area contributed by atoms with Gasteiger partial charge in [0.05, 0.1) is 0 Å². The van der Waals surface area contributed by atoms with Gasteiger partial charge in [0.25, 0.3) is 5.91 Å². The van der Waals surface area contributed by atoms with Gasteiger partial charge in [-0.1, -0.05) is 17.7 Å². The Balaban J connectivity index is 2.47. The van der Waals surface area contributed by atoms with Gasteiger partial charge in [0.15, 0.2) is 0 Å². The maximum atomic E-state index is 12.0. The van der Waals surface area contributed by atoms with Gasteiger partial charge < -0.3 is 15.5 Å². The first-order valence-electron chi connectivity index (χ1n) is 6.70. The normalized spacial score (nSPS) is 12.1. The average molecular weight is 277 g/mol. The first-order valence-corrected chi connectivity index (χ1v) is 6.70. The molecule has 0 aromatic heterocycles. The molecule has 2 N–H and O–H groups in total. The van der Waals surface area contributed by atoms with Crippen LogP contribution in [-0.2, 0) is 4.79 Å². The first kappa shape index (κ1) is 16.2. The lowest BCUT2D eigenvalue weighted by atomic mass is 10.1. The summed E-state index contributed by atoms with van der Waals surface area (Å²) in [6.45, 7) is 4.94. The Bertz CT molecular complexity index is 472. The largest absolute Gasteiger partial charge is 0.353 e. The minimum absolute atomic E-state index is 0.173. The molecule has 0 spiro atoms. The summed E-state index contributed by atoms with van der Waals surface area (Å²) in [7, 11) is 3.88. The number of nitrogens with one attached hydrogen (secondary N) is 2. The van der Waals surface area contributed by atoms with E-state index in [-0.39, 0.29) is 11.8 Å². The molecule has 0 bridgehead atoms. The summed E-state index contributed by atoms with van der Waals surface area (Å²) in [5.41, 5.74) is 1.58. The fourth-order valence-corrected chi connectivity index (χ4v) is 1.69. The average Bonchev–Trinajstić information content (AvgIpc) is 2.38. The Morgan fingerprint density at radius 3 is 2.60 bits per heavy atom. The van der Waals surface area contributed by atoms with Crippen LogP contribution in [0.15, 0.2) is 24.3 Å². The van der Waals surface area contributed by atoms with Crippen LogP contribution >= 0.6 is 0 Å². The maximum Gasteiger partial charge on any atom is 0.251 e. The molecule has 1 aromatic carbocycles. The van der Waals surface area contributed by atoms with Crippen LogP contribution in [0.25, 0.3) is 0 Å². The van der Waals surface area contributed by atoms with Crippen molar-refractivity contribution in [2.75, 3.05) is 27.2 Å². The lowest BCUT2D eigenvalue weighted by molar-refractivity contribution is -0.122. The fraction of sp³-hybridized carbons (Fsp3) is 0.467. The van der Waals surface area contributed by atoms with E-state index >= 15 is 0 Å². The van der Waals surface area contributed by atoms with Crippen LogP contribution in [0.4, 0.5) is 0 Å². The van der Waals surface area contributed by atoms with Gasteiger partial charge in [0, 0.05) is 18.7 Å². The Hall–Kier alpha value is -1.88. The molecule has 1 aromatic rings. The zero-order valence-electron chi connectivity index (χ0n) is 12.6.